The van der Waals surface area contributed by atoms with Crippen LogP contribution in [0.25, 0.3) is 22.1 Å². The minimum absolute atomic E-state index is 0.538. The summed E-state index contributed by atoms with van der Waals surface area (Å²) in [5.74, 6) is 0. The van der Waals surface area contributed by atoms with Gasteiger partial charge < -0.3 is 0 Å². The molecule has 4 heteroatoms. The highest BCUT2D eigenvalue weighted by Gasteiger charge is 2.00. The Morgan fingerprint density at radius 2 is 0.909 bits per heavy atom. The Bertz CT molecular complexity index is 713. The van der Waals surface area contributed by atoms with Gasteiger partial charge in [-0.25, -0.2) is 0 Å². The maximum atomic E-state index is 8.60. The van der Waals surface area contributed by atoms with Crippen molar-refractivity contribution in [1.29, 1.82) is 10.8 Å². The number of rotatable bonds is 4. The van der Waals surface area contributed by atoms with Gasteiger partial charge in [0, 0.05) is 24.3 Å². The Labute approximate surface area is 129 Å². The van der Waals surface area contributed by atoms with Crippen molar-refractivity contribution in [3.8, 4) is 0 Å². The number of diazo groups is 2. The highest BCUT2D eigenvalue weighted by Crippen LogP contribution is 2.14. The van der Waals surface area contributed by atoms with Crippen molar-refractivity contribution in [2.45, 2.75) is 0 Å². The topological polar surface area (TPSA) is 56.3 Å². The summed E-state index contributed by atoms with van der Waals surface area (Å²) in [6.45, 7) is 0. The summed E-state index contributed by atoms with van der Waals surface area (Å²) in [7, 11) is 0. The molecule has 2 aromatic carbocycles. The highest BCUT2D eigenvalue weighted by atomic mass is 14.8. The van der Waals surface area contributed by atoms with Crippen LogP contribution in [0.1, 0.15) is 11.1 Å². The Morgan fingerprint density at radius 1 is 0.545 bits per heavy atom. The highest BCUT2D eigenvalue weighted by molar-refractivity contribution is 5.58. The molecular formula is C18H14N4+2. The molecule has 0 fully saturated rings. The molecule has 0 unspecified atom stereocenters. The maximum absolute atomic E-state index is 8.60. The second kappa shape index (κ2) is 7.94. The predicted molar refractivity (Wildman–Crippen MR) is 89.6 cm³/mol. The summed E-state index contributed by atoms with van der Waals surface area (Å²) in [4.78, 5) is 6.21. The van der Waals surface area contributed by atoms with Crippen molar-refractivity contribution < 1.29 is 0 Å². The first-order chi connectivity index (χ1) is 10.8. The zero-order valence-corrected chi connectivity index (χ0v) is 11.9. The molecule has 2 aromatic rings. The van der Waals surface area contributed by atoms with Crippen molar-refractivity contribution in [3.05, 3.63) is 93.9 Å². The second-order valence-corrected chi connectivity index (χ2v) is 4.49. The standard InChI is InChI=1S/C18H14N4/c19-21-17-11-7-15(8-12-17)5-3-1-2-4-6-16-9-13-18(22-20)14-10-16/h1-14H/q+2. The maximum Gasteiger partial charge on any atom is 0.385 e. The fourth-order valence-corrected chi connectivity index (χ4v) is 1.77. The fourth-order valence-electron chi connectivity index (χ4n) is 1.77. The SMILES string of the molecule is N#[N+]c1ccc(C=CC=CC=Cc2ccc([N+]#N)cc2)cc1. The molecule has 0 amide bonds. The summed E-state index contributed by atoms with van der Waals surface area (Å²) in [6.07, 6.45) is 11.6. The molecular weight excluding hydrogens is 272 g/mol. The van der Waals surface area contributed by atoms with Crippen LogP contribution in [0.5, 0.6) is 0 Å². The summed E-state index contributed by atoms with van der Waals surface area (Å²) < 4.78 is 0. The van der Waals surface area contributed by atoms with Gasteiger partial charge in [0.05, 0.1) is 0 Å². The van der Waals surface area contributed by atoms with E-state index in [0.717, 1.165) is 11.1 Å². The Hall–Kier alpha value is -3.50. The molecule has 0 saturated carbocycles. The number of allylic oxidation sites excluding steroid dienone is 4. The lowest BCUT2D eigenvalue weighted by Crippen LogP contribution is -1.69. The van der Waals surface area contributed by atoms with Gasteiger partial charge in [-0.2, -0.15) is 0 Å². The lowest BCUT2D eigenvalue weighted by atomic mass is 10.2. The van der Waals surface area contributed by atoms with Gasteiger partial charge in [-0.1, -0.05) is 36.5 Å². The first-order valence-electron chi connectivity index (χ1n) is 6.73. The molecule has 0 radical (unpaired) electrons. The van der Waals surface area contributed by atoms with Gasteiger partial charge in [0.1, 0.15) is 0 Å². The molecule has 0 heterocycles. The van der Waals surface area contributed by atoms with E-state index in [1.54, 1.807) is 24.3 Å². The van der Waals surface area contributed by atoms with Crippen LogP contribution in [0.15, 0.2) is 72.8 Å². The van der Waals surface area contributed by atoms with Crippen LogP contribution >= 0.6 is 0 Å². The second-order valence-electron chi connectivity index (χ2n) is 4.49. The van der Waals surface area contributed by atoms with Gasteiger partial charge in [0.15, 0.2) is 9.95 Å². The molecule has 0 aliphatic rings. The summed E-state index contributed by atoms with van der Waals surface area (Å²) in [6, 6.07) is 14.5. The normalized spacial score (nSPS) is 11.0. The van der Waals surface area contributed by atoms with Gasteiger partial charge in [-0.15, -0.1) is 0 Å². The summed E-state index contributed by atoms with van der Waals surface area (Å²) in [5, 5.41) is 17.2. The Balaban J connectivity index is 1.89. The van der Waals surface area contributed by atoms with E-state index in [1.165, 1.54) is 0 Å². The van der Waals surface area contributed by atoms with Crippen molar-refractivity contribution in [2.75, 3.05) is 0 Å². The minimum atomic E-state index is 0.538. The van der Waals surface area contributed by atoms with E-state index in [1.807, 2.05) is 60.7 Å². The summed E-state index contributed by atoms with van der Waals surface area (Å²) >= 11 is 0. The van der Waals surface area contributed by atoms with Gasteiger partial charge >= 0.3 is 11.4 Å². The number of benzene rings is 2. The third-order valence-electron chi connectivity index (χ3n) is 2.93. The van der Waals surface area contributed by atoms with Gasteiger partial charge in [0.25, 0.3) is 0 Å². The van der Waals surface area contributed by atoms with Crippen LogP contribution in [-0.2, 0) is 0 Å². The molecule has 0 saturated heterocycles. The molecule has 0 spiro atoms. The van der Waals surface area contributed by atoms with E-state index in [-0.39, 0.29) is 0 Å². The van der Waals surface area contributed by atoms with Gasteiger partial charge in [0.2, 0.25) is 10.8 Å². The molecule has 2 rings (SSSR count). The Morgan fingerprint density at radius 3 is 1.23 bits per heavy atom. The number of nitrogens with zero attached hydrogens (tertiary/aromatic N) is 4. The molecule has 0 bridgehead atoms. The zero-order valence-electron chi connectivity index (χ0n) is 11.9. The number of hydrogen-bond donors (Lipinski definition) is 0. The van der Waals surface area contributed by atoms with Gasteiger partial charge in [-0.05, 0) is 35.4 Å². The lowest BCUT2D eigenvalue weighted by molar-refractivity contribution is 1.46. The molecule has 0 atom stereocenters. The fraction of sp³-hybridized carbons (Fsp3) is 0. The smallest absolute Gasteiger partial charge is 0.0622 e. The quantitative estimate of drug-likeness (QED) is 0.516. The molecule has 104 valence electrons. The monoisotopic (exact) mass is 286 g/mol. The van der Waals surface area contributed by atoms with Crippen LogP contribution < -0.4 is 0 Å². The molecule has 4 nitrogen and oxygen atoms in total. The molecule has 0 aromatic heterocycles. The minimum Gasteiger partial charge on any atom is -0.0622 e. The predicted octanol–water partition coefficient (Wildman–Crippen LogP) is 5.94. The third kappa shape index (κ3) is 4.56. The lowest BCUT2D eigenvalue weighted by Gasteiger charge is -1.88. The Kier molecular flexibility index (Phi) is 5.38. The molecule has 0 aliphatic carbocycles. The van der Waals surface area contributed by atoms with Crippen LogP contribution in [0.4, 0.5) is 11.4 Å². The first kappa shape index (κ1) is 14.9. The van der Waals surface area contributed by atoms with Crippen molar-refractivity contribution in [1.82, 2.24) is 0 Å². The van der Waals surface area contributed by atoms with E-state index in [4.69, 9.17) is 10.8 Å². The van der Waals surface area contributed by atoms with Crippen LogP contribution in [-0.4, -0.2) is 0 Å². The molecule has 0 N–H and O–H groups in total. The summed E-state index contributed by atoms with van der Waals surface area (Å²) in [5.41, 5.74) is 3.14. The first-order valence-corrected chi connectivity index (χ1v) is 6.73. The average Bonchev–Trinajstić information content (AvgIpc) is 2.59. The molecule has 0 aliphatic heterocycles. The van der Waals surface area contributed by atoms with Crippen LogP contribution in [0.3, 0.4) is 0 Å². The zero-order chi connectivity index (χ0) is 15.6. The third-order valence-corrected chi connectivity index (χ3v) is 2.93. The average molecular weight is 286 g/mol. The van der Waals surface area contributed by atoms with E-state index in [0.29, 0.717) is 11.4 Å². The van der Waals surface area contributed by atoms with Crippen LogP contribution in [0, 0.1) is 10.8 Å². The largest absolute Gasteiger partial charge is 0.385 e. The van der Waals surface area contributed by atoms with Crippen molar-refractivity contribution >= 4 is 23.5 Å². The van der Waals surface area contributed by atoms with E-state index in [9.17, 15) is 0 Å². The van der Waals surface area contributed by atoms with E-state index >= 15 is 0 Å². The van der Waals surface area contributed by atoms with E-state index in [2.05, 4.69) is 9.95 Å². The van der Waals surface area contributed by atoms with Crippen molar-refractivity contribution in [3.63, 3.8) is 0 Å². The van der Waals surface area contributed by atoms with Crippen molar-refractivity contribution in [2.24, 2.45) is 0 Å². The van der Waals surface area contributed by atoms with E-state index < -0.39 is 0 Å². The molecule has 22 heavy (non-hydrogen) atoms. The number of hydrogen-bond acceptors (Lipinski definition) is 2. The van der Waals surface area contributed by atoms with Crippen LogP contribution in [0.2, 0.25) is 0 Å². The van der Waals surface area contributed by atoms with Gasteiger partial charge in [-0.3, -0.25) is 0 Å².